The lowest BCUT2D eigenvalue weighted by Gasteiger charge is -2.32. The minimum atomic E-state index is -0.398. The van der Waals surface area contributed by atoms with Gasteiger partial charge in [-0.15, -0.1) is 0 Å². The molecular weight excluding hydrogens is 144 g/mol. The average Bonchev–Trinajstić information content (AvgIpc) is 2.04. The van der Waals surface area contributed by atoms with Gasteiger partial charge in [-0.25, -0.2) is 0 Å². The number of nitrogens with one attached hydrogen (secondary N) is 1. The van der Waals surface area contributed by atoms with Gasteiger partial charge in [-0.05, 0) is 6.42 Å². The number of aliphatic hydroxyl groups excluding tert-OH is 1. The van der Waals surface area contributed by atoms with Gasteiger partial charge >= 0.3 is 0 Å². The molecule has 4 N–H and O–H groups in total. The molecule has 1 aliphatic heterocycles. The first-order chi connectivity index (χ1) is 5.25. The summed E-state index contributed by atoms with van der Waals surface area (Å²) in [6, 6.07) is -0.103. The van der Waals surface area contributed by atoms with Crippen molar-refractivity contribution in [3.63, 3.8) is 0 Å². The molecule has 0 bridgehead atoms. The molecule has 0 aliphatic carbocycles. The fourth-order valence-corrected chi connectivity index (χ4v) is 1.25. The zero-order valence-electron chi connectivity index (χ0n) is 6.79. The van der Waals surface area contributed by atoms with Crippen molar-refractivity contribution in [3.05, 3.63) is 0 Å². The molecule has 4 heteroatoms. The third kappa shape index (κ3) is 2.13. The quantitative estimate of drug-likeness (QED) is 0.486. The van der Waals surface area contributed by atoms with Crippen molar-refractivity contribution in [3.8, 4) is 0 Å². The maximum atomic E-state index is 9.43. The van der Waals surface area contributed by atoms with Crippen molar-refractivity contribution >= 4 is 0 Å². The van der Waals surface area contributed by atoms with Crippen LogP contribution in [0.4, 0.5) is 0 Å². The van der Waals surface area contributed by atoms with Gasteiger partial charge in [-0.2, -0.15) is 0 Å². The molecule has 0 aromatic heterocycles. The van der Waals surface area contributed by atoms with Crippen LogP contribution in [0.25, 0.3) is 0 Å². The summed E-state index contributed by atoms with van der Waals surface area (Å²) in [4.78, 5) is 0. The Bertz CT molecular complexity index is 117. The lowest BCUT2D eigenvalue weighted by molar-refractivity contribution is -0.0418. The molecule has 3 atom stereocenters. The van der Waals surface area contributed by atoms with E-state index in [0.717, 1.165) is 6.54 Å². The molecule has 1 heterocycles. The van der Waals surface area contributed by atoms with Gasteiger partial charge < -0.3 is 20.9 Å². The summed E-state index contributed by atoms with van der Waals surface area (Å²) in [5.74, 6) is 0. The Kier molecular flexibility index (Phi) is 3.26. The molecule has 3 unspecified atom stereocenters. The summed E-state index contributed by atoms with van der Waals surface area (Å²) >= 11 is 0. The number of aliphatic hydroxyl groups is 1. The lowest BCUT2D eigenvalue weighted by atomic mass is 10.1. The Morgan fingerprint density at radius 3 is 3.09 bits per heavy atom. The summed E-state index contributed by atoms with van der Waals surface area (Å²) in [7, 11) is 0. The minimum absolute atomic E-state index is 0.103. The van der Waals surface area contributed by atoms with E-state index < -0.39 is 6.10 Å². The molecular formula is C7H16N2O2. The Morgan fingerprint density at radius 1 is 1.82 bits per heavy atom. The normalized spacial score (nSPS) is 35.2. The Balaban J connectivity index is 2.40. The first-order valence-corrected chi connectivity index (χ1v) is 4.04. The van der Waals surface area contributed by atoms with E-state index in [1.54, 1.807) is 0 Å². The third-order valence-electron chi connectivity index (χ3n) is 1.98. The van der Waals surface area contributed by atoms with Crippen molar-refractivity contribution in [1.82, 2.24) is 5.32 Å². The SMILES string of the molecule is CCC(O)C1NCCOC1N. The largest absolute Gasteiger partial charge is 0.391 e. The van der Waals surface area contributed by atoms with Crippen molar-refractivity contribution < 1.29 is 9.84 Å². The van der Waals surface area contributed by atoms with Gasteiger partial charge in [-0.3, -0.25) is 0 Å². The zero-order valence-corrected chi connectivity index (χ0v) is 6.79. The van der Waals surface area contributed by atoms with Crippen LogP contribution in [0.5, 0.6) is 0 Å². The first-order valence-electron chi connectivity index (χ1n) is 4.04. The number of nitrogens with two attached hydrogens (primary N) is 1. The molecule has 11 heavy (non-hydrogen) atoms. The van der Waals surface area contributed by atoms with Gasteiger partial charge in [-0.1, -0.05) is 6.92 Å². The minimum Gasteiger partial charge on any atom is -0.391 e. The zero-order chi connectivity index (χ0) is 8.27. The van der Waals surface area contributed by atoms with E-state index in [2.05, 4.69) is 5.32 Å². The van der Waals surface area contributed by atoms with Crippen LogP contribution in [0, 0.1) is 0 Å². The van der Waals surface area contributed by atoms with Crippen LogP contribution in [0.3, 0.4) is 0 Å². The van der Waals surface area contributed by atoms with Gasteiger partial charge in [0, 0.05) is 6.54 Å². The molecule has 1 rings (SSSR count). The number of ether oxygens (including phenoxy) is 1. The number of hydrogen-bond acceptors (Lipinski definition) is 4. The van der Waals surface area contributed by atoms with E-state index in [9.17, 15) is 5.11 Å². The van der Waals surface area contributed by atoms with Gasteiger partial charge in [0.15, 0.2) is 0 Å². The van der Waals surface area contributed by atoms with Crippen LogP contribution in [0.2, 0.25) is 0 Å². The second-order valence-corrected chi connectivity index (χ2v) is 2.79. The molecule has 0 radical (unpaired) electrons. The predicted octanol–water partition coefficient (Wildman–Crippen LogP) is -0.969. The maximum Gasteiger partial charge on any atom is 0.123 e. The van der Waals surface area contributed by atoms with Crippen LogP contribution in [-0.2, 0) is 4.74 Å². The molecule has 4 nitrogen and oxygen atoms in total. The summed E-state index contributed by atoms with van der Waals surface area (Å²) in [6.45, 7) is 3.33. The second kappa shape index (κ2) is 4.01. The number of morpholine rings is 1. The highest BCUT2D eigenvalue weighted by Crippen LogP contribution is 2.06. The number of hydrogen-bond donors (Lipinski definition) is 3. The van der Waals surface area contributed by atoms with Crippen LogP contribution in [0.15, 0.2) is 0 Å². The molecule has 66 valence electrons. The predicted molar refractivity (Wildman–Crippen MR) is 42.0 cm³/mol. The molecule has 1 saturated heterocycles. The van der Waals surface area contributed by atoms with E-state index in [4.69, 9.17) is 10.5 Å². The highest BCUT2D eigenvalue weighted by atomic mass is 16.5. The van der Waals surface area contributed by atoms with Crippen molar-refractivity contribution in [2.24, 2.45) is 5.73 Å². The Labute approximate surface area is 66.7 Å². The van der Waals surface area contributed by atoms with Gasteiger partial charge in [0.05, 0.1) is 18.8 Å². The molecule has 0 saturated carbocycles. The van der Waals surface area contributed by atoms with Gasteiger partial charge in [0.1, 0.15) is 6.23 Å². The van der Waals surface area contributed by atoms with E-state index in [-0.39, 0.29) is 12.3 Å². The topological polar surface area (TPSA) is 67.5 Å². The van der Waals surface area contributed by atoms with Crippen molar-refractivity contribution in [2.45, 2.75) is 31.7 Å². The standard InChI is InChI=1S/C7H16N2O2/c1-2-5(10)6-7(8)11-4-3-9-6/h5-7,9-10H,2-4,8H2,1H3. The molecule has 0 amide bonds. The summed E-state index contributed by atoms with van der Waals surface area (Å²) in [5.41, 5.74) is 5.61. The van der Waals surface area contributed by atoms with Gasteiger partial charge in [0.25, 0.3) is 0 Å². The fourth-order valence-electron chi connectivity index (χ4n) is 1.25. The Morgan fingerprint density at radius 2 is 2.55 bits per heavy atom. The third-order valence-corrected chi connectivity index (χ3v) is 1.98. The van der Waals surface area contributed by atoms with Gasteiger partial charge in [0.2, 0.25) is 0 Å². The van der Waals surface area contributed by atoms with E-state index in [1.165, 1.54) is 0 Å². The Hall–Kier alpha value is -0.160. The van der Waals surface area contributed by atoms with Crippen molar-refractivity contribution in [2.75, 3.05) is 13.2 Å². The fraction of sp³-hybridized carbons (Fsp3) is 1.00. The summed E-state index contributed by atoms with van der Waals surface area (Å²) < 4.78 is 5.17. The smallest absolute Gasteiger partial charge is 0.123 e. The monoisotopic (exact) mass is 160 g/mol. The van der Waals surface area contributed by atoms with E-state index >= 15 is 0 Å². The van der Waals surface area contributed by atoms with Crippen LogP contribution in [0.1, 0.15) is 13.3 Å². The molecule has 0 spiro atoms. The maximum absolute atomic E-state index is 9.43. The molecule has 0 aromatic carbocycles. The second-order valence-electron chi connectivity index (χ2n) is 2.79. The number of rotatable bonds is 2. The average molecular weight is 160 g/mol. The highest BCUT2D eigenvalue weighted by Gasteiger charge is 2.27. The van der Waals surface area contributed by atoms with Crippen LogP contribution in [-0.4, -0.2) is 36.6 Å². The van der Waals surface area contributed by atoms with Crippen LogP contribution >= 0.6 is 0 Å². The first kappa shape index (κ1) is 8.93. The highest BCUT2D eigenvalue weighted by molar-refractivity contribution is 4.82. The molecule has 0 aromatic rings. The summed E-state index contributed by atoms with van der Waals surface area (Å²) in [5, 5.41) is 12.6. The molecule has 1 fully saturated rings. The van der Waals surface area contributed by atoms with Crippen molar-refractivity contribution in [1.29, 1.82) is 0 Å². The van der Waals surface area contributed by atoms with Crippen LogP contribution < -0.4 is 11.1 Å². The lowest BCUT2D eigenvalue weighted by Crippen LogP contribution is -2.58. The summed E-state index contributed by atoms with van der Waals surface area (Å²) in [6.07, 6.45) is -0.0571. The van der Waals surface area contributed by atoms with E-state index in [1.807, 2.05) is 6.92 Å². The van der Waals surface area contributed by atoms with E-state index in [0.29, 0.717) is 13.0 Å². The molecule has 1 aliphatic rings.